The predicted octanol–water partition coefficient (Wildman–Crippen LogP) is 2.47. The van der Waals surface area contributed by atoms with Crippen LogP contribution in [0.5, 0.6) is 0 Å². The van der Waals surface area contributed by atoms with Gasteiger partial charge in [-0.05, 0) is 32.2 Å². The number of likely N-dealkylation sites (tertiary alicyclic amines) is 1. The molecule has 1 rings (SSSR count). The van der Waals surface area contributed by atoms with Gasteiger partial charge in [0.15, 0.2) is 0 Å². The standard InChI is InChI=1S/C16H30N2O2/c1-3-5-10-17(11-6-4-2)16(20)13-18-12-8-7-9-15(18)14-19/h14-15H,3-13H2,1-2H3. The van der Waals surface area contributed by atoms with Crippen molar-refractivity contribution < 1.29 is 9.59 Å². The zero-order valence-corrected chi connectivity index (χ0v) is 13.1. The van der Waals surface area contributed by atoms with Crippen molar-refractivity contribution in [3.8, 4) is 0 Å². The van der Waals surface area contributed by atoms with E-state index in [-0.39, 0.29) is 11.9 Å². The highest BCUT2D eigenvalue weighted by molar-refractivity contribution is 5.78. The van der Waals surface area contributed by atoms with Gasteiger partial charge in [0.2, 0.25) is 5.91 Å². The predicted molar refractivity (Wildman–Crippen MR) is 81.7 cm³/mol. The zero-order valence-electron chi connectivity index (χ0n) is 13.1. The van der Waals surface area contributed by atoms with E-state index in [2.05, 4.69) is 18.7 Å². The summed E-state index contributed by atoms with van der Waals surface area (Å²) < 4.78 is 0. The summed E-state index contributed by atoms with van der Waals surface area (Å²) in [6.07, 6.45) is 8.45. The van der Waals surface area contributed by atoms with Crippen molar-refractivity contribution in [3.63, 3.8) is 0 Å². The van der Waals surface area contributed by atoms with Gasteiger partial charge >= 0.3 is 0 Å². The normalized spacial score (nSPS) is 19.8. The van der Waals surface area contributed by atoms with Gasteiger partial charge in [-0.1, -0.05) is 33.1 Å². The van der Waals surface area contributed by atoms with Crippen LogP contribution in [-0.2, 0) is 9.59 Å². The lowest BCUT2D eigenvalue weighted by molar-refractivity contribution is -0.134. The molecule has 1 heterocycles. The third kappa shape index (κ3) is 5.61. The van der Waals surface area contributed by atoms with Gasteiger partial charge in [0, 0.05) is 13.1 Å². The quantitative estimate of drug-likeness (QED) is 0.610. The minimum atomic E-state index is -0.0492. The molecule has 116 valence electrons. The van der Waals surface area contributed by atoms with Gasteiger partial charge in [-0.2, -0.15) is 0 Å². The fourth-order valence-corrected chi connectivity index (χ4v) is 2.70. The maximum Gasteiger partial charge on any atom is 0.236 e. The average molecular weight is 282 g/mol. The van der Waals surface area contributed by atoms with Crippen LogP contribution in [0.15, 0.2) is 0 Å². The monoisotopic (exact) mass is 282 g/mol. The molecule has 0 aromatic heterocycles. The number of unbranched alkanes of at least 4 members (excludes halogenated alkanes) is 2. The molecule has 4 heteroatoms. The lowest BCUT2D eigenvalue weighted by Crippen LogP contribution is -2.47. The first-order valence-electron chi connectivity index (χ1n) is 8.20. The van der Waals surface area contributed by atoms with E-state index in [9.17, 15) is 9.59 Å². The van der Waals surface area contributed by atoms with Crippen molar-refractivity contribution in [1.29, 1.82) is 0 Å². The summed E-state index contributed by atoms with van der Waals surface area (Å²) in [6.45, 7) is 7.30. The van der Waals surface area contributed by atoms with Crippen LogP contribution in [-0.4, -0.2) is 54.2 Å². The zero-order chi connectivity index (χ0) is 14.8. The van der Waals surface area contributed by atoms with Gasteiger partial charge in [0.25, 0.3) is 0 Å². The third-order valence-corrected chi connectivity index (χ3v) is 4.08. The summed E-state index contributed by atoms with van der Waals surface area (Å²) in [5.41, 5.74) is 0. The van der Waals surface area contributed by atoms with Crippen LogP contribution in [0.3, 0.4) is 0 Å². The summed E-state index contributed by atoms with van der Waals surface area (Å²) in [5.74, 6) is 0.195. The van der Waals surface area contributed by atoms with Crippen LogP contribution in [0, 0.1) is 0 Å². The van der Waals surface area contributed by atoms with Crippen LogP contribution in [0.25, 0.3) is 0 Å². The molecule has 1 saturated heterocycles. The van der Waals surface area contributed by atoms with Gasteiger partial charge in [-0.15, -0.1) is 0 Å². The van der Waals surface area contributed by atoms with Gasteiger partial charge in [-0.3, -0.25) is 9.69 Å². The summed E-state index contributed by atoms with van der Waals surface area (Å²) in [6, 6.07) is -0.0492. The highest BCUT2D eigenvalue weighted by atomic mass is 16.2. The topological polar surface area (TPSA) is 40.6 Å². The molecule has 0 aromatic rings. The van der Waals surface area contributed by atoms with E-state index in [1.54, 1.807) is 0 Å². The second-order valence-electron chi connectivity index (χ2n) is 5.76. The molecule has 4 nitrogen and oxygen atoms in total. The van der Waals surface area contributed by atoms with E-state index in [1.807, 2.05) is 4.90 Å². The van der Waals surface area contributed by atoms with Crippen molar-refractivity contribution in [2.24, 2.45) is 0 Å². The number of hydrogen-bond acceptors (Lipinski definition) is 3. The Morgan fingerprint density at radius 2 is 1.85 bits per heavy atom. The molecule has 20 heavy (non-hydrogen) atoms. The summed E-state index contributed by atoms with van der Waals surface area (Å²) >= 11 is 0. The fraction of sp³-hybridized carbons (Fsp3) is 0.875. The lowest BCUT2D eigenvalue weighted by atomic mass is 10.0. The Bertz CT molecular complexity index is 286. The molecule has 1 aliphatic heterocycles. The van der Waals surface area contributed by atoms with Crippen LogP contribution in [0.4, 0.5) is 0 Å². The van der Waals surface area contributed by atoms with Crippen LogP contribution in [0.2, 0.25) is 0 Å². The number of rotatable bonds is 9. The second kappa shape index (κ2) is 9.92. The Balaban J connectivity index is 2.51. The van der Waals surface area contributed by atoms with Crippen molar-refractivity contribution >= 4 is 12.2 Å². The van der Waals surface area contributed by atoms with Gasteiger partial charge in [0.05, 0.1) is 12.6 Å². The molecule has 1 amide bonds. The number of nitrogens with zero attached hydrogens (tertiary/aromatic N) is 2. The van der Waals surface area contributed by atoms with Crippen LogP contribution in [0.1, 0.15) is 58.8 Å². The van der Waals surface area contributed by atoms with Gasteiger partial charge in [0.1, 0.15) is 6.29 Å². The largest absolute Gasteiger partial charge is 0.342 e. The maximum absolute atomic E-state index is 12.5. The van der Waals surface area contributed by atoms with Crippen LogP contribution < -0.4 is 0 Å². The lowest BCUT2D eigenvalue weighted by Gasteiger charge is -2.33. The number of carbonyl (C=O) groups is 2. The highest BCUT2D eigenvalue weighted by Crippen LogP contribution is 2.15. The average Bonchev–Trinajstić information content (AvgIpc) is 2.47. The Morgan fingerprint density at radius 1 is 1.20 bits per heavy atom. The van der Waals surface area contributed by atoms with E-state index < -0.39 is 0 Å². The Kier molecular flexibility index (Phi) is 8.51. The summed E-state index contributed by atoms with van der Waals surface area (Å²) in [7, 11) is 0. The molecular weight excluding hydrogens is 252 g/mol. The Labute approximate surface area is 123 Å². The first-order chi connectivity index (χ1) is 9.72. The molecule has 1 unspecified atom stereocenters. The SMILES string of the molecule is CCCCN(CCCC)C(=O)CN1CCCCC1C=O. The van der Waals surface area contributed by atoms with Crippen molar-refractivity contribution in [3.05, 3.63) is 0 Å². The Hall–Kier alpha value is -0.900. The fourth-order valence-electron chi connectivity index (χ4n) is 2.70. The molecule has 1 atom stereocenters. The van der Waals surface area contributed by atoms with Crippen LogP contribution >= 0.6 is 0 Å². The molecule has 0 aromatic carbocycles. The molecule has 0 N–H and O–H groups in total. The smallest absolute Gasteiger partial charge is 0.236 e. The summed E-state index contributed by atoms with van der Waals surface area (Å²) in [4.78, 5) is 27.6. The molecular formula is C16H30N2O2. The van der Waals surface area contributed by atoms with E-state index in [1.165, 1.54) is 0 Å². The number of amides is 1. The molecule has 1 fully saturated rings. The number of hydrogen-bond donors (Lipinski definition) is 0. The molecule has 0 radical (unpaired) electrons. The minimum absolute atomic E-state index is 0.0492. The van der Waals surface area contributed by atoms with Gasteiger partial charge in [-0.25, -0.2) is 0 Å². The first kappa shape index (κ1) is 17.2. The second-order valence-corrected chi connectivity index (χ2v) is 5.76. The van der Waals surface area contributed by atoms with Gasteiger partial charge < -0.3 is 9.69 Å². The van der Waals surface area contributed by atoms with Crippen molar-refractivity contribution in [1.82, 2.24) is 9.80 Å². The van der Waals surface area contributed by atoms with Crippen molar-refractivity contribution in [2.45, 2.75) is 64.8 Å². The summed E-state index contributed by atoms with van der Waals surface area (Å²) in [5, 5.41) is 0. The first-order valence-corrected chi connectivity index (χ1v) is 8.20. The third-order valence-electron chi connectivity index (χ3n) is 4.08. The molecule has 0 saturated carbocycles. The van der Waals surface area contributed by atoms with E-state index in [0.29, 0.717) is 6.54 Å². The highest BCUT2D eigenvalue weighted by Gasteiger charge is 2.25. The molecule has 1 aliphatic rings. The van der Waals surface area contributed by atoms with E-state index >= 15 is 0 Å². The number of carbonyl (C=O) groups excluding carboxylic acids is 2. The van der Waals surface area contributed by atoms with Crippen molar-refractivity contribution in [2.75, 3.05) is 26.2 Å². The number of piperidine rings is 1. The maximum atomic E-state index is 12.5. The van der Waals surface area contributed by atoms with E-state index in [0.717, 1.165) is 70.9 Å². The number of aldehydes is 1. The molecule has 0 aliphatic carbocycles. The molecule has 0 spiro atoms. The Morgan fingerprint density at radius 3 is 2.40 bits per heavy atom. The van der Waals surface area contributed by atoms with E-state index in [4.69, 9.17) is 0 Å². The minimum Gasteiger partial charge on any atom is -0.342 e. The molecule has 0 bridgehead atoms.